The van der Waals surface area contributed by atoms with Crippen LogP contribution in [0.25, 0.3) is 10.9 Å². The maximum Gasteiger partial charge on any atom is 0.272 e. The van der Waals surface area contributed by atoms with Crippen LogP contribution in [0.15, 0.2) is 60.7 Å². The van der Waals surface area contributed by atoms with E-state index in [-0.39, 0.29) is 5.91 Å². The van der Waals surface area contributed by atoms with E-state index < -0.39 is 0 Å². The molecule has 0 aliphatic rings. The third-order valence-electron chi connectivity index (χ3n) is 4.02. The van der Waals surface area contributed by atoms with Crippen molar-refractivity contribution in [3.8, 4) is 0 Å². The maximum absolute atomic E-state index is 12.6. The maximum atomic E-state index is 12.6. The first kappa shape index (κ1) is 15.2. The van der Waals surface area contributed by atoms with Gasteiger partial charge in [0.15, 0.2) is 0 Å². The SMILES string of the molecule is CCc1ccc(CN(C)C(=O)c2ccc3ccccc3n2)cc1. The highest BCUT2D eigenvalue weighted by Gasteiger charge is 2.14. The number of fused-ring (bicyclic) bond motifs is 1. The second-order valence-corrected chi connectivity index (χ2v) is 5.72. The number of para-hydroxylation sites is 1. The fraction of sp³-hybridized carbons (Fsp3) is 0.200. The smallest absolute Gasteiger partial charge is 0.272 e. The molecule has 2 aromatic carbocycles. The Labute approximate surface area is 136 Å². The van der Waals surface area contributed by atoms with Crippen LogP contribution in [-0.4, -0.2) is 22.8 Å². The molecule has 1 aromatic heterocycles. The molecule has 3 nitrogen and oxygen atoms in total. The largest absolute Gasteiger partial charge is 0.336 e. The van der Waals surface area contributed by atoms with E-state index in [0.29, 0.717) is 12.2 Å². The predicted molar refractivity (Wildman–Crippen MR) is 93.4 cm³/mol. The Bertz CT molecular complexity index is 824. The molecule has 1 heterocycles. The van der Waals surface area contributed by atoms with Crippen molar-refractivity contribution in [2.24, 2.45) is 0 Å². The molecular formula is C20H20N2O. The molecule has 0 atom stereocenters. The van der Waals surface area contributed by atoms with E-state index in [2.05, 4.69) is 36.2 Å². The van der Waals surface area contributed by atoms with Gasteiger partial charge in [0, 0.05) is 19.0 Å². The highest BCUT2D eigenvalue weighted by Crippen LogP contribution is 2.14. The van der Waals surface area contributed by atoms with Crippen molar-refractivity contribution in [2.45, 2.75) is 19.9 Å². The first-order chi connectivity index (χ1) is 11.2. The molecule has 0 fully saturated rings. The summed E-state index contributed by atoms with van der Waals surface area (Å²) in [7, 11) is 1.81. The molecule has 1 amide bonds. The number of benzene rings is 2. The third kappa shape index (κ3) is 3.39. The lowest BCUT2D eigenvalue weighted by Crippen LogP contribution is -2.27. The zero-order chi connectivity index (χ0) is 16.2. The van der Waals surface area contributed by atoms with Crippen molar-refractivity contribution < 1.29 is 4.79 Å². The molecule has 0 saturated heterocycles. The summed E-state index contributed by atoms with van der Waals surface area (Å²) in [5.41, 5.74) is 3.76. The topological polar surface area (TPSA) is 33.2 Å². The monoisotopic (exact) mass is 304 g/mol. The van der Waals surface area contributed by atoms with Crippen LogP contribution >= 0.6 is 0 Å². The predicted octanol–water partition coefficient (Wildman–Crippen LogP) is 4.07. The minimum Gasteiger partial charge on any atom is -0.336 e. The average molecular weight is 304 g/mol. The van der Waals surface area contributed by atoms with Crippen LogP contribution < -0.4 is 0 Å². The molecule has 3 rings (SSSR count). The van der Waals surface area contributed by atoms with Gasteiger partial charge in [-0.2, -0.15) is 0 Å². The lowest BCUT2D eigenvalue weighted by molar-refractivity contribution is 0.0779. The fourth-order valence-corrected chi connectivity index (χ4v) is 2.61. The van der Waals surface area contributed by atoms with Gasteiger partial charge in [0.25, 0.3) is 5.91 Å². The van der Waals surface area contributed by atoms with E-state index in [4.69, 9.17) is 0 Å². The summed E-state index contributed by atoms with van der Waals surface area (Å²) in [5, 5.41) is 1.04. The summed E-state index contributed by atoms with van der Waals surface area (Å²) in [5.74, 6) is -0.0599. The highest BCUT2D eigenvalue weighted by atomic mass is 16.2. The molecule has 0 aliphatic heterocycles. The zero-order valence-corrected chi connectivity index (χ0v) is 13.5. The Kier molecular flexibility index (Phi) is 4.38. The number of aromatic nitrogens is 1. The van der Waals surface area contributed by atoms with E-state index in [1.54, 1.807) is 11.0 Å². The lowest BCUT2D eigenvalue weighted by atomic mass is 10.1. The van der Waals surface area contributed by atoms with Crippen LogP contribution in [0.1, 0.15) is 28.5 Å². The molecule has 0 aliphatic carbocycles. The highest BCUT2D eigenvalue weighted by molar-refractivity contribution is 5.94. The second kappa shape index (κ2) is 6.61. The van der Waals surface area contributed by atoms with Crippen LogP contribution in [0.4, 0.5) is 0 Å². The summed E-state index contributed by atoms with van der Waals surface area (Å²) >= 11 is 0. The van der Waals surface area contributed by atoms with E-state index in [1.165, 1.54) is 5.56 Å². The van der Waals surface area contributed by atoms with Crippen molar-refractivity contribution >= 4 is 16.8 Å². The number of carbonyl (C=O) groups excluding carboxylic acids is 1. The van der Waals surface area contributed by atoms with Gasteiger partial charge in [-0.05, 0) is 29.7 Å². The van der Waals surface area contributed by atoms with Crippen molar-refractivity contribution in [1.82, 2.24) is 9.88 Å². The molecule has 3 heteroatoms. The minimum atomic E-state index is -0.0599. The minimum absolute atomic E-state index is 0.0599. The number of amides is 1. The van der Waals surface area contributed by atoms with E-state index in [0.717, 1.165) is 22.9 Å². The molecule has 116 valence electrons. The standard InChI is InChI=1S/C20H20N2O/c1-3-15-8-10-16(11-9-15)14-22(2)20(23)19-13-12-17-6-4-5-7-18(17)21-19/h4-13H,3,14H2,1-2H3. The van der Waals surface area contributed by atoms with Gasteiger partial charge < -0.3 is 4.90 Å². The van der Waals surface area contributed by atoms with Gasteiger partial charge in [0.1, 0.15) is 5.69 Å². The molecule has 0 N–H and O–H groups in total. The van der Waals surface area contributed by atoms with Crippen LogP contribution in [0.3, 0.4) is 0 Å². The van der Waals surface area contributed by atoms with Crippen molar-refractivity contribution in [3.05, 3.63) is 77.5 Å². The first-order valence-corrected chi connectivity index (χ1v) is 7.86. The number of hydrogen-bond donors (Lipinski definition) is 0. The fourth-order valence-electron chi connectivity index (χ4n) is 2.61. The van der Waals surface area contributed by atoms with E-state index >= 15 is 0 Å². The number of carbonyl (C=O) groups is 1. The number of rotatable bonds is 4. The lowest BCUT2D eigenvalue weighted by Gasteiger charge is -2.17. The van der Waals surface area contributed by atoms with E-state index in [1.807, 2.05) is 37.4 Å². The number of hydrogen-bond acceptors (Lipinski definition) is 2. The van der Waals surface area contributed by atoms with Gasteiger partial charge >= 0.3 is 0 Å². The molecule has 0 radical (unpaired) electrons. The molecule has 3 aromatic rings. The van der Waals surface area contributed by atoms with Crippen LogP contribution in [0.5, 0.6) is 0 Å². The Morgan fingerprint density at radius 1 is 0.957 bits per heavy atom. The van der Waals surface area contributed by atoms with E-state index in [9.17, 15) is 4.79 Å². The Balaban J connectivity index is 1.77. The summed E-state index contributed by atoms with van der Waals surface area (Å²) in [6.45, 7) is 2.72. The molecule has 0 saturated carbocycles. The summed E-state index contributed by atoms with van der Waals surface area (Å²) in [6.07, 6.45) is 1.02. The zero-order valence-electron chi connectivity index (χ0n) is 13.5. The Morgan fingerprint density at radius 2 is 1.65 bits per heavy atom. The average Bonchev–Trinajstić information content (AvgIpc) is 2.61. The molecule has 0 spiro atoms. The number of nitrogens with zero attached hydrogens (tertiary/aromatic N) is 2. The van der Waals surface area contributed by atoms with Crippen LogP contribution in [-0.2, 0) is 13.0 Å². The molecular weight excluding hydrogens is 284 g/mol. The van der Waals surface area contributed by atoms with Gasteiger partial charge in [0.2, 0.25) is 0 Å². The summed E-state index contributed by atoms with van der Waals surface area (Å²) in [6, 6.07) is 19.9. The van der Waals surface area contributed by atoms with Gasteiger partial charge in [-0.15, -0.1) is 0 Å². The Hall–Kier alpha value is -2.68. The number of pyridine rings is 1. The van der Waals surface area contributed by atoms with Crippen molar-refractivity contribution in [1.29, 1.82) is 0 Å². The van der Waals surface area contributed by atoms with Gasteiger partial charge in [-0.1, -0.05) is 55.5 Å². The summed E-state index contributed by atoms with van der Waals surface area (Å²) < 4.78 is 0. The van der Waals surface area contributed by atoms with Crippen LogP contribution in [0.2, 0.25) is 0 Å². The van der Waals surface area contributed by atoms with Crippen LogP contribution in [0, 0.1) is 0 Å². The number of aryl methyl sites for hydroxylation is 1. The van der Waals surface area contributed by atoms with Crippen molar-refractivity contribution in [2.75, 3.05) is 7.05 Å². The molecule has 0 bridgehead atoms. The third-order valence-corrected chi connectivity index (χ3v) is 4.02. The van der Waals surface area contributed by atoms with Gasteiger partial charge in [-0.3, -0.25) is 4.79 Å². The van der Waals surface area contributed by atoms with Gasteiger partial charge in [-0.25, -0.2) is 4.98 Å². The quantitative estimate of drug-likeness (QED) is 0.728. The summed E-state index contributed by atoms with van der Waals surface area (Å²) in [4.78, 5) is 18.8. The first-order valence-electron chi connectivity index (χ1n) is 7.86. The molecule has 0 unspecified atom stereocenters. The van der Waals surface area contributed by atoms with Crippen molar-refractivity contribution in [3.63, 3.8) is 0 Å². The van der Waals surface area contributed by atoms with Gasteiger partial charge in [0.05, 0.1) is 5.52 Å². The Morgan fingerprint density at radius 3 is 2.39 bits per heavy atom. The normalized spacial score (nSPS) is 10.7. The molecule has 23 heavy (non-hydrogen) atoms. The second-order valence-electron chi connectivity index (χ2n) is 5.72.